The third-order valence-electron chi connectivity index (χ3n) is 5.09. The van der Waals surface area contributed by atoms with E-state index in [0.29, 0.717) is 6.54 Å². The van der Waals surface area contributed by atoms with Gasteiger partial charge in [-0.05, 0) is 77.0 Å². The predicted molar refractivity (Wildman–Crippen MR) is 111 cm³/mol. The molecule has 0 bridgehead atoms. The highest BCUT2D eigenvalue weighted by atomic mass is 32.2. The van der Waals surface area contributed by atoms with Crippen molar-refractivity contribution in [2.45, 2.75) is 11.3 Å². The standard InChI is InChI=1S/C22H19N3OS/c26-22-23-11-12-25(22)18-6-8-19(9-7-18)27-24-17-5-10-21-16(14-17)13-15-3-1-2-4-20(15)21/h1-10,14,24H,11-13H2,(H,23,26). The zero-order valence-corrected chi connectivity index (χ0v) is 15.6. The molecule has 1 saturated heterocycles. The average molecular weight is 373 g/mol. The van der Waals surface area contributed by atoms with Crippen molar-refractivity contribution in [1.82, 2.24) is 5.32 Å². The monoisotopic (exact) mass is 373 g/mol. The number of nitrogens with one attached hydrogen (secondary N) is 2. The van der Waals surface area contributed by atoms with Gasteiger partial charge in [0.05, 0.1) is 0 Å². The molecule has 0 atom stereocenters. The number of rotatable bonds is 4. The second-order valence-electron chi connectivity index (χ2n) is 6.79. The van der Waals surface area contributed by atoms with Gasteiger partial charge in [0.25, 0.3) is 0 Å². The quantitative estimate of drug-likeness (QED) is 0.500. The van der Waals surface area contributed by atoms with Crippen molar-refractivity contribution in [3.63, 3.8) is 0 Å². The molecule has 134 valence electrons. The molecule has 4 nitrogen and oxygen atoms in total. The molecule has 0 saturated carbocycles. The van der Waals surface area contributed by atoms with Gasteiger partial charge in [-0.25, -0.2) is 4.79 Å². The van der Waals surface area contributed by atoms with Crippen molar-refractivity contribution >= 4 is 29.4 Å². The summed E-state index contributed by atoms with van der Waals surface area (Å²) in [6.45, 7) is 1.43. The smallest absolute Gasteiger partial charge is 0.321 e. The highest BCUT2D eigenvalue weighted by Gasteiger charge is 2.21. The Kier molecular flexibility index (Phi) is 4.02. The maximum absolute atomic E-state index is 11.7. The molecule has 0 unspecified atom stereocenters. The lowest BCUT2D eigenvalue weighted by Gasteiger charge is -2.14. The van der Waals surface area contributed by atoms with E-state index in [1.807, 2.05) is 24.3 Å². The van der Waals surface area contributed by atoms with Gasteiger partial charge in [-0.1, -0.05) is 30.3 Å². The van der Waals surface area contributed by atoms with Crippen LogP contribution in [-0.4, -0.2) is 19.1 Å². The summed E-state index contributed by atoms with van der Waals surface area (Å²) in [5.41, 5.74) is 7.51. The van der Waals surface area contributed by atoms with Crippen molar-refractivity contribution in [1.29, 1.82) is 0 Å². The first-order valence-corrected chi connectivity index (χ1v) is 9.89. The van der Waals surface area contributed by atoms with Crippen molar-refractivity contribution in [2.24, 2.45) is 0 Å². The van der Waals surface area contributed by atoms with Crippen LogP contribution >= 0.6 is 11.9 Å². The molecule has 27 heavy (non-hydrogen) atoms. The number of hydrogen-bond acceptors (Lipinski definition) is 3. The molecule has 0 spiro atoms. The van der Waals surface area contributed by atoms with Gasteiger partial charge in [0.15, 0.2) is 0 Å². The molecule has 2 N–H and O–H groups in total. The molecular formula is C22H19N3OS. The van der Waals surface area contributed by atoms with Gasteiger partial charge in [-0.3, -0.25) is 4.90 Å². The Morgan fingerprint density at radius 2 is 1.74 bits per heavy atom. The summed E-state index contributed by atoms with van der Waals surface area (Å²) in [7, 11) is 0. The highest BCUT2D eigenvalue weighted by molar-refractivity contribution is 8.00. The number of amides is 2. The van der Waals surface area contributed by atoms with Crippen molar-refractivity contribution < 1.29 is 4.79 Å². The molecule has 2 amide bonds. The van der Waals surface area contributed by atoms with Crippen LogP contribution in [0.2, 0.25) is 0 Å². The Hall–Kier alpha value is -2.92. The Morgan fingerprint density at radius 3 is 2.56 bits per heavy atom. The fourth-order valence-electron chi connectivity index (χ4n) is 3.74. The zero-order valence-electron chi connectivity index (χ0n) is 14.7. The number of benzene rings is 3. The number of urea groups is 1. The maximum atomic E-state index is 11.7. The number of fused-ring (bicyclic) bond motifs is 3. The fraction of sp³-hybridized carbons (Fsp3) is 0.136. The van der Waals surface area contributed by atoms with Crippen LogP contribution < -0.4 is 14.9 Å². The summed E-state index contributed by atoms with van der Waals surface area (Å²) in [5, 5.41) is 2.83. The van der Waals surface area contributed by atoms with E-state index < -0.39 is 0 Å². The van der Waals surface area contributed by atoms with E-state index >= 15 is 0 Å². The minimum Gasteiger partial charge on any atom is -0.336 e. The average Bonchev–Trinajstić information content (AvgIpc) is 3.29. The molecule has 0 radical (unpaired) electrons. The minimum absolute atomic E-state index is 0.0207. The lowest BCUT2D eigenvalue weighted by atomic mass is 10.1. The molecule has 5 rings (SSSR count). The predicted octanol–water partition coefficient (Wildman–Crippen LogP) is 4.91. The number of nitrogens with zero attached hydrogens (tertiary/aromatic N) is 1. The summed E-state index contributed by atoms with van der Waals surface area (Å²) in [5.74, 6) is 0. The van der Waals surface area contributed by atoms with Crippen LogP contribution in [0.3, 0.4) is 0 Å². The normalized spacial score (nSPS) is 14.7. The van der Waals surface area contributed by atoms with Gasteiger partial charge in [0.1, 0.15) is 0 Å². The minimum atomic E-state index is -0.0207. The number of carbonyl (C=O) groups is 1. The van der Waals surface area contributed by atoms with Crippen LogP contribution in [0.15, 0.2) is 71.6 Å². The third kappa shape index (κ3) is 3.04. The Bertz CT molecular complexity index is 1020. The first kappa shape index (κ1) is 16.3. The van der Waals surface area contributed by atoms with Crippen molar-refractivity contribution in [3.8, 4) is 11.1 Å². The number of anilines is 2. The Labute approximate surface area is 162 Å². The van der Waals surface area contributed by atoms with Gasteiger partial charge >= 0.3 is 6.03 Å². The van der Waals surface area contributed by atoms with Crippen molar-refractivity contribution in [3.05, 3.63) is 77.9 Å². The van der Waals surface area contributed by atoms with Crippen LogP contribution in [0.4, 0.5) is 16.2 Å². The topological polar surface area (TPSA) is 44.4 Å². The second kappa shape index (κ2) is 6.67. The SMILES string of the molecule is O=C1NCCN1c1ccc(SNc2ccc3c(c2)Cc2ccccc2-3)cc1. The third-order valence-corrected chi connectivity index (χ3v) is 5.93. The zero-order chi connectivity index (χ0) is 18.2. The molecule has 2 aliphatic rings. The Balaban J connectivity index is 1.27. The van der Waals surface area contributed by atoms with E-state index in [4.69, 9.17) is 0 Å². The van der Waals surface area contributed by atoms with Crippen LogP contribution in [0, 0.1) is 0 Å². The van der Waals surface area contributed by atoms with Gasteiger partial charge in [0, 0.05) is 29.4 Å². The van der Waals surface area contributed by atoms with Gasteiger partial charge in [-0.2, -0.15) is 0 Å². The lowest BCUT2D eigenvalue weighted by Crippen LogP contribution is -2.27. The van der Waals surface area contributed by atoms with Gasteiger partial charge < -0.3 is 10.0 Å². The van der Waals surface area contributed by atoms with Crippen LogP contribution in [-0.2, 0) is 6.42 Å². The molecule has 1 aliphatic heterocycles. The number of hydrogen-bond donors (Lipinski definition) is 2. The number of carbonyl (C=O) groups excluding carboxylic acids is 1. The Morgan fingerprint density at radius 1 is 0.926 bits per heavy atom. The summed E-state index contributed by atoms with van der Waals surface area (Å²) in [6.07, 6.45) is 0.998. The summed E-state index contributed by atoms with van der Waals surface area (Å²) in [6, 6.07) is 23.3. The summed E-state index contributed by atoms with van der Waals surface area (Å²) in [4.78, 5) is 14.6. The van der Waals surface area contributed by atoms with E-state index in [0.717, 1.165) is 29.2 Å². The van der Waals surface area contributed by atoms with E-state index in [1.54, 1.807) is 16.8 Å². The molecule has 3 aromatic carbocycles. The first-order chi connectivity index (χ1) is 13.3. The molecule has 1 fully saturated rings. The van der Waals surface area contributed by atoms with Gasteiger partial charge in [0.2, 0.25) is 0 Å². The molecule has 1 heterocycles. The van der Waals surface area contributed by atoms with E-state index in [2.05, 4.69) is 52.5 Å². The van der Waals surface area contributed by atoms with E-state index in [-0.39, 0.29) is 6.03 Å². The second-order valence-corrected chi connectivity index (χ2v) is 7.67. The van der Waals surface area contributed by atoms with Crippen LogP contribution in [0.5, 0.6) is 0 Å². The molecular weight excluding hydrogens is 354 g/mol. The first-order valence-electron chi connectivity index (χ1n) is 9.07. The largest absolute Gasteiger partial charge is 0.336 e. The summed E-state index contributed by atoms with van der Waals surface area (Å²) < 4.78 is 3.44. The van der Waals surface area contributed by atoms with Gasteiger partial charge in [-0.15, -0.1) is 0 Å². The molecule has 5 heteroatoms. The van der Waals surface area contributed by atoms with E-state index in [9.17, 15) is 4.79 Å². The highest BCUT2D eigenvalue weighted by Crippen LogP contribution is 2.38. The van der Waals surface area contributed by atoms with E-state index in [1.165, 1.54) is 22.3 Å². The molecule has 0 aromatic heterocycles. The van der Waals surface area contributed by atoms with Crippen LogP contribution in [0.1, 0.15) is 11.1 Å². The maximum Gasteiger partial charge on any atom is 0.321 e. The molecule has 3 aromatic rings. The lowest BCUT2D eigenvalue weighted by molar-refractivity contribution is 0.252. The fourth-order valence-corrected chi connectivity index (χ4v) is 4.37. The van der Waals surface area contributed by atoms with Crippen molar-refractivity contribution in [2.75, 3.05) is 22.7 Å². The molecule has 1 aliphatic carbocycles. The van der Waals surface area contributed by atoms with Crippen LogP contribution in [0.25, 0.3) is 11.1 Å². The summed E-state index contributed by atoms with van der Waals surface area (Å²) >= 11 is 1.59.